The van der Waals surface area contributed by atoms with Gasteiger partial charge >= 0.3 is 0 Å². The summed E-state index contributed by atoms with van der Waals surface area (Å²) in [5.74, 6) is 0. The first kappa shape index (κ1) is 11.0. The lowest BCUT2D eigenvalue weighted by atomic mass is 9.99. The van der Waals surface area contributed by atoms with Crippen molar-refractivity contribution in [2.24, 2.45) is 0 Å². The van der Waals surface area contributed by atoms with E-state index in [-0.39, 0.29) is 6.10 Å². The molecule has 0 aromatic heterocycles. The normalized spacial score (nSPS) is 25.6. The molecule has 13 heavy (non-hydrogen) atoms. The number of likely N-dealkylation sites (tertiary alicyclic amines) is 1. The van der Waals surface area contributed by atoms with Crippen LogP contribution < -0.4 is 5.32 Å². The lowest BCUT2D eigenvalue weighted by Gasteiger charge is -2.41. The van der Waals surface area contributed by atoms with Crippen LogP contribution in [-0.2, 0) is 0 Å². The number of aliphatic hydroxyl groups is 1. The average Bonchev–Trinajstić information content (AvgIpc) is 2.03. The van der Waals surface area contributed by atoms with Crippen molar-refractivity contribution in [1.82, 2.24) is 10.2 Å². The maximum atomic E-state index is 9.14. The minimum absolute atomic E-state index is 0.148. The van der Waals surface area contributed by atoms with Gasteiger partial charge in [-0.25, -0.2) is 0 Å². The average molecular weight is 186 g/mol. The third kappa shape index (κ3) is 3.63. The van der Waals surface area contributed by atoms with E-state index < -0.39 is 0 Å². The molecule has 1 aliphatic rings. The van der Waals surface area contributed by atoms with Crippen molar-refractivity contribution in [2.75, 3.05) is 26.7 Å². The molecule has 0 radical (unpaired) electrons. The summed E-state index contributed by atoms with van der Waals surface area (Å²) in [5, 5.41) is 12.3. The Hall–Kier alpha value is -0.120. The summed E-state index contributed by atoms with van der Waals surface area (Å²) < 4.78 is 0. The van der Waals surface area contributed by atoms with E-state index in [1.165, 1.54) is 19.4 Å². The SMILES string of the molecule is CNCCC1CCN1CCC(C)O. The molecule has 0 aromatic carbocycles. The van der Waals surface area contributed by atoms with E-state index in [2.05, 4.69) is 10.2 Å². The number of rotatable bonds is 6. The molecule has 2 unspecified atom stereocenters. The molecule has 3 heteroatoms. The van der Waals surface area contributed by atoms with E-state index in [1.54, 1.807) is 0 Å². The Morgan fingerprint density at radius 2 is 2.38 bits per heavy atom. The highest BCUT2D eigenvalue weighted by Gasteiger charge is 2.26. The van der Waals surface area contributed by atoms with Crippen molar-refractivity contribution >= 4 is 0 Å². The van der Waals surface area contributed by atoms with Gasteiger partial charge in [0.15, 0.2) is 0 Å². The molecular weight excluding hydrogens is 164 g/mol. The Balaban J connectivity index is 2.06. The van der Waals surface area contributed by atoms with Gasteiger partial charge in [-0.15, -0.1) is 0 Å². The van der Waals surface area contributed by atoms with Crippen molar-refractivity contribution in [3.05, 3.63) is 0 Å². The zero-order valence-electron chi connectivity index (χ0n) is 8.79. The largest absolute Gasteiger partial charge is 0.393 e. The Labute approximate surface area is 81.1 Å². The van der Waals surface area contributed by atoms with Crippen molar-refractivity contribution < 1.29 is 5.11 Å². The van der Waals surface area contributed by atoms with Crippen molar-refractivity contribution in [1.29, 1.82) is 0 Å². The Morgan fingerprint density at radius 3 is 2.85 bits per heavy atom. The molecule has 2 atom stereocenters. The summed E-state index contributed by atoms with van der Waals surface area (Å²) in [4.78, 5) is 2.48. The highest BCUT2D eigenvalue weighted by Crippen LogP contribution is 2.20. The van der Waals surface area contributed by atoms with E-state index in [4.69, 9.17) is 5.11 Å². The second-order valence-corrected chi connectivity index (χ2v) is 4.01. The van der Waals surface area contributed by atoms with Crippen LogP contribution in [0.2, 0.25) is 0 Å². The topological polar surface area (TPSA) is 35.5 Å². The van der Waals surface area contributed by atoms with Gasteiger partial charge in [-0.1, -0.05) is 0 Å². The zero-order chi connectivity index (χ0) is 9.68. The first-order valence-corrected chi connectivity index (χ1v) is 5.30. The molecule has 1 rings (SSSR count). The molecule has 3 nitrogen and oxygen atoms in total. The van der Waals surface area contributed by atoms with Crippen molar-refractivity contribution in [3.63, 3.8) is 0 Å². The lowest BCUT2D eigenvalue weighted by Crippen LogP contribution is -2.49. The Bertz CT molecular complexity index is 139. The van der Waals surface area contributed by atoms with Gasteiger partial charge in [0, 0.05) is 12.6 Å². The number of nitrogens with one attached hydrogen (secondary N) is 1. The van der Waals surface area contributed by atoms with Gasteiger partial charge in [0.1, 0.15) is 0 Å². The van der Waals surface area contributed by atoms with Gasteiger partial charge in [0.2, 0.25) is 0 Å². The quantitative estimate of drug-likeness (QED) is 0.632. The fraction of sp³-hybridized carbons (Fsp3) is 1.00. The summed E-state index contributed by atoms with van der Waals surface area (Å²) >= 11 is 0. The van der Waals surface area contributed by atoms with E-state index >= 15 is 0 Å². The van der Waals surface area contributed by atoms with Crippen LogP contribution in [0.4, 0.5) is 0 Å². The standard InChI is InChI=1S/C10H22N2O/c1-9(13)4-7-12-8-5-10(12)3-6-11-2/h9-11,13H,3-8H2,1-2H3. The molecule has 0 spiro atoms. The van der Waals surface area contributed by atoms with Crippen LogP contribution in [0.3, 0.4) is 0 Å². The smallest absolute Gasteiger partial charge is 0.0524 e. The van der Waals surface area contributed by atoms with Crippen LogP contribution in [0.1, 0.15) is 26.2 Å². The van der Waals surface area contributed by atoms with Gasteiger partial charge < -0.3 is 15.3 Å². The summed E-state index contributed by atoms with van der Waals surface area (Å²) in [6, 6.07) is 0.770. The number of nitrogens with zero attached hydrogens (tertiary/aromatic N) is 1. The maximum Gasteiger partial charge on any atom is 0.0524 e. The monoisotopic (exact) mass is 186 g/mol. The van der Waals surface area contributed by atoms with Crippen molar-refractivity contribution in [3.8, 4) is 0 Å². The van der Waals surface area contributed by atoms with Gasteiger partial charge in [-0.2, -0.15) is 0 Å². The number of hydrogen-bond acceptors (Lipinski definition) is 3. The first-order valence-electron chi connectivity index (χ1n) is 5.30. The maximum absolute atomic E-state index is 9.14. The summed E-state index contributed by atoms with van der Waals surface area (Å²) in [6.07, 6.45) is 3.35. The third-order valence-electron chi connectivity index (χ3n) is 2.83. The Morgan fingerprint density at radius 1 is 1.62 bits per heavy atom. The molecule has 1 heterocycles. The first-order chi connectivity index (χ1) is 6.24. The van der Waals surface area contributed by atoms with Crippen LogP contribution in [-0.4, -0.2) is 48.8 Å². The lowest BCUT2D eigenvalue weighted by molar-refractivity contribution is 0.0638. The van der Waals surface area contributed by atoms with Crippen LogP contribution in [0.25, 0.3) is 0 Å². The van der Waals surface area contributed by atoms with Crippen molar-refractivity contribution in [2.45, 2.75) is 38.3 Å². The molecule has 1 saturated heterocycles. The third-order valence-corrected chi connectivity index (χ3v) is 2.83. The van der Waals surface area contributed by atoms with Crippen LogP contribution >= 0.6 is 0 Å². The second kappa shape index (κ2) is 5.58. The van der Waals surface area contributed by atoms with Gasteiger partial charge in [-0.05, 0) is 46.3 Å². The zero-order valence-corrected chi connectivity index (χ0v) is 8.79. The summed E-state index contributed by atoms with van der Waals surface area (Å²) in [7, 11) is 2.00. The predicted molar refractivity (Wildman–Crippen MR) is 54.8 cm³/mol. The fourth-order valence-electron chi connectivity index (χ4n) is 1.78. The minimum atomic E-state index is -0.148. The van der Waals surface area contributed by atoms with E-state index in [0.717, 1.165) is 25.6 Å². The predicted octanol–water partition coefficient (Wildman–Crippen LogP) is 0.441. The molecule has 1 fully saturated rings. The van der Waals surface area contributed by atoms with Gasteiger partial charge in [-0.3, -0.25) is 0 Å². The van der Waals surface area contributed by atoms with E-state index in [1.807, 2.05) is 14.0 Å². The number of aliphatic hydroxyl groups excluding tert-OH is 1. The van der Waals surface area contributed by atoms with E-state index in [9.17, 15) is 0 Å². The van der Waals surface area contributed by atoms with Crippen LogP contribution in [0.15, 0.2) is 0 Å². The van der Waals surface area contributed by atoms with Gasteiger partial charge in [0.05, 0.1) is 6.10 Å². The molecule has 0 bridgehead atoms. The van der Waals surface area contributed by atoms with Crippen LogP contribution in [0.5, 0.6) is 0 Å². The molecule has 0 aromatic rings. The molecule has 0 saturated carbocycles. The minimum Gasteiger partial charge on any atom is -0.393 e. The molecule has 78 valence electrons. The number of hydrogen-bond donors (Lipinski definition) is 2. The van der Waals surface area contributed by atoms with Gasteiger partial charge in [0.25, 0.3) is 0 Å². The second-order valence-electron chi connectivity index (χ2n) is 4.01. The summed E-state index contributed by atoms with van der Waals surface area (Å²) in [5.41, 5.74) is 0. The molecule has 0 amide bonds. The molecule has 2 N–H and O–H groups in total. The highest BCUT2D eigenvalue weighted by atomic mass is 16.3. The fourth-order valence-corrected chi connectivity index (χ4v) is 1.78. The molecule has 1 aliphatic heterocycles. The van der Waals surface area contributed by atoms with Crippen LogP contribution in [0, 0.1) is 0 Å². The molecular formula is C10H22N2O. The molecule has 0 aliphatic carbocycles. The summed E-state index contributed by atoms with van der Waals surface area (Å²) in [6.45, 7) is 5.26. The Kier molecular flexibility index (Phi) is 4.70. The van der Waals surface area contributed by atoms with E-state index in [0.29, 0.717) is 0 Å². The highest BCUT2D eigenvalue weighted by molar-refractivity contribution is 4.83.